The van der Waals surface area contributed by atoms with Gasteiger partial charge in [0.2, 0.25) is 5.95 Å². The van der Waals surface area contributed by atoms with Crippen LogP contribution in [0.2, 0.25) is 5.02 Å². The number of carboxylic acids is 1. The van der Waals surface area contributed by atoms with E-state index in [1.165, 1.54) is 12.1 Å². The molecular weight excluding hydrogens is 397 g/mol. The Hall–Kier alpha value is -2.41. The third kappa shape index (κ3) is 6.03. The minimum Gasteiger partial charge on any atom is -0.493 e. The number of rotatable bonds is 8. The van der Waals surface area contributed by atoms with Crippen LogP contribution in [-0.2, 0) is 11.2 Å². The van der Waals surface area contributed by atoms with Crippen molar-refractivity contribution in [3.8, 4) is 5.75 Å². The van der Waals surface area contributed by atoms with E-state index in [4.69, 9.17) is 21.4 Å². The molecule has 2 aromatic rings. The molecule has 1 aromatic carbocycles. The molecule has 1 atom stereocenters. The third-order valence-electron chi connectivity index (χ3n) is 5.44. The summed E-state index contributed by atoms with van der Waals surface area (Å²) in [4.78, 5) is 21.4. The van der Waals surface area contributed by atoms with Gasteiger partial charge in [0.1, 0.15) is 11.6 Å². The summed E-state index contributed by atoms with van der Waals surface area (Å²) < 4.78 is 19.6. The van der Waals surface area contributed by atoms with Gasteiger partial charge in [-0.15, -0.1) is 0 Å². The fraction of sp³-hybridized carbons (Fsp3) is 0.476. The first-order valence-corrected chi connectivity index (χ1v) is 10.2. The van der Waals surface area contributed by atoms with Gasteiger partial charge in [-0.1, -0.05) is 24.6 Å². The van der Waals surface area contributed by atoms with Crippen LogP contribution in [0.3, 0.4) is 0 Å². The molecule has 6 nitrogen and oxygen atoms in total. The van der Waals surface area contributed by atoms with Crippen molar-refractivity contribution in [2.24, 2.45) is 11.8 Å². The van der Waals surface area contributed by atoms with E-state index < -0.39 is 11.8 Å². The van der Waals surface area contributed by atoms with Gasteiger partial charge in [-0.2, -0.15) is 0 Å². The number of halogens is 2. The Morgan fingerprint density at radius 1 is 1.34 bits per heavy atom. The number of ether oxygens (including phenoxy) is 1. The Labute approximate surface area is 174 Å². The molecule has 1 unspecified atom stereocenters. The second-order valence-corrected chi connectivity index (χ2v) is 7.90. The highest BCUT2D eigenvalue weighted by Crippen LogP contribution is 2.29. The Morgan fingerprint density at radius 3 is 2.66 bits per heavy atom. The summed E-state index contributed by atoms with van der Waals surface area (Å²) in [6.07, 6.45) is 5.90. The maximum absolute atomic E-state index is 13.9. The number of aromatic nitrogens is 2. The summed E-state index contributed by atoms with van der Waals surface area (Å²) in [5, 5.41) is 9.30. The first-order chi connectivity index (χ1) is 13.9. The zero-order valence-electron chi connectivity index (χ0n) is 16.4. The first-order valence-electron chi connectivity index (χ1n) is 9.78. The summed E-state index contributed by atoms with van der Waals surface area (Å²) in [6.45, 7) is 4.54. The van der Waals surface area contributed by atoms with Crippen LogP contribution < -0.4 is 9.64 Å². The van der Waals surface area contributed by atoms with E-state index in [0.717, 1.165) is 38.3 Å². The van der Waals surface area contributed by atoms with Crippen molar-refractivity contribution in [2.45, 2.75) is 32.6 Å². The molecule has 29 heavy (non-hydrogen) atoms. The van der Waals surface area contributed by atoms with Crippen LogP contribution in [0.15, 0.2) is 30.6 Å². The van der Waals surface area contributed by atoms with Crippen LogP contribution in [0.4, 0.5) is 10.3 Å². The van der Waals surface area contributed by atoms with E-state index in [0.29, 0.717) is 29.2 Å². The molecule has 1 aliphatic rings. The molecule has 8 heteroatoms. The zero-order chi connectivity index (χ0) is 20.8. The summed E-state index contributed by atoms with van der Waals surface area (Å²) in [5.41, 5.74) is 0.162. The third-order valence-corrected chi connectivity index (χ3v) is 5.64. The predicted octanol–water partition coefficient (Wildman–Crippen LogP) is 4.22. The second kappa shape index (κ2) is 9.87. The van der Waals surface area contributed by atoms with Gasteiger partial charge >= 0.3 is 5.97 Å². The van der Waals surface area contributed by atoms with Gasteiger partial charge in [0.15, 0.2) is 0 Å². The number of benzene rings is 1. The van der Waals surface area contributed by atoms with E-state index in [1.807, 2.05) is 0 Å². The fourth-order valence-corrected chi connectivity index (χ4v) is 3.76. The number of hydrogen-bond acceptors (Lipinski definition) is 5. The monoisotopic (exact) mass is 421 g/mol. The highest BCUT2D eigenvalue weighted by molar-refractivity contribution is 6.30. The first kappa shape index (κ1) is 21.3. The van der Waals surface area contributed by atoms with Gasteiger partial charge in [-0.3, -0.25) is 4.79 Å². The van der Waals surface area contributed by atoms with Crippen LogP contribution >= 0.6 is 11.6 Å². The predicted molar refractivity (Wildman–Crippen MR) is 109 cm³/mol. The summed E-state index contributed by atoms with van der Waals surface area (Å²) in [6, 6.07) is 4.35. The van der Waals surface area contributed by atoms with Crippen LogP contribution in [-0.4, -0.2) is 40.7 Å². The minimum absolute atomic E-state index is 0.162. The molecule has 0 amide bonds. The van der Waals surface area contributed by atoms with Crippen molar-refractivity contribution >= 4 is 23.5 Å². The van der Waals surface area contributed by atoms with Crippen molar-refractivity contribution in [2.75, 3.05) is 24.6 Å². The topological polar surface area (TPSA) is 75.6 Å². The quantitative estimate of drug-likeness (QED) is 0.687. The Morgan fingerprint density at radius 2 is 2.03 bits per heavy atom. The van der Waals surface area contributed by atoms with Crippen LogP contribution in [0.1, 0.15) is 31.7 Å². The zero-order valence-corrected chi connectivity index (χ0v) is 17.1. The number of carbonyl (C=O) groups is 1. The van der Waals surface area contributed by atoms with Gasteiger partial charge in [-0.25, -0.2) is 14.4 Å². The van der Waals surface area contributed by atoms with E-state index >= 15 is 0 Å². The summed E-state index contributed by atoms with van der Waals surface area (Å²) >= 11 is 5.84. The molecule has 0 bridgehead atoms. The number of nitrogens with zero attached hydrogens (tertiary/aromatic N) is 3. The Kier molecular flexibility index (Phi) is 7.25. The van der Waals surface area contributed by atoms with Gasteiger partial charge in [0, 0.05) is 19.2 Å². The highest BCUT2D eigenvalue weighted by Gasteiger charge is 2.25. The van der Waals surface area contributed by atoms with E-state index in [9.17, 15) is 9.18 Å². The standard InChI is InChI=1S/C21H25ClFN3O3/c1-14(6-9-29-18-3-2-16(10-20(27)28)19(23)11-18)15-4-7-26(8-5-15)21-24-12-17(22)13-25-21/h2-3,11-15H,4-10H2,1H3,(H,27,28). The van der Waals surface area contributed by atoms with Crippen molar-refractivity contribution in [3.05, 3.63) is 47.0 Å². The molecule has 1 N–H and O–H groups in total. The largest absolute Gasteiger partial charge is 0.493 e. The van der Waals surface area contributed by atoms with Crippen molar-refractivity contribution < 1.29 is 19.0 Å². The normalized spacial score (nSPS) is 15.9. The molecule has 0 saturated carbocycles. The minimum atomic E-state index is -1.06. The Balaban J connectivity index is 1.42. The molecule has 2 heterocycles. The smallest absolute Gasteiger partial charge is 0.307 e. The van der Waals surface area contributed by atoms with Crippen LogP contribution in [0, 0.1) is 17.7 Å². The maximum atomic E-state index is 13.9. The second-order valence-electron chi connectivity index (χ2n) is 7.46. The van der Waals surface area contributed by atoms with Gasteiger partial charge in [0.05, 0.1) is 30.4 Å². The lowest BCUT2D eigenvalue weighted by atomic mass is 9.84. The summed E-state index contributed by atoms with van der Waals surface area (Å²) in [7, 11) is 0. The molecule has 156 valence electrons. The molecule has 1 aromatic heterocycles. The molecule has 0 spiro atoms. The van der Waals surface area contributed by atoms with Gasteiger partial charge < -0.3 is 14.7 Å². The van der Waals surface area contributed by atoms with Crippen LogP contribution in [0.25, 0.3) is 0 Å². The lowest BCUT2D eigenvalue weighted by molar-refractivity contribution is -0.136. The number of anilines is 1. The van der Waals surface area contributed by atoms with Crippen molar-refractivity contribution in [1.29, 1.82) is 0 Å². The Bertz CT molecular complexity index is 826. The number of aliphatic carboxylic acids is 1. The van der Waals surface area contributed by atoms with Gasteiger partial charge in [0.25, 0.3) is 0 Å². The van der Waals surface area contributed by atoms with E-state index in [1.54, 1.807) is 18.5 Å². The number of hydrogen-bond donors (Lipinski definition) is 1. The maximum Gasteiger partial charge on any atom is 0.307 e. The van der Waals surface area contributed by atoms with E-state index in [-0.39, 0.29) is 12.0 Å². The van der Waals surface area contributed by atoms with E-state index in [2.05, 4.69) is 21.8 Å². The molecular formula is C21H25ClFN3O3. The molecule has 1 saturated heterocycles. The molecule has 0 radical (unpaired) electrons. The lowest BCUT2D eigenvalue weighted by Gasteiger charge is -2.34. The van der Waals surface area contributed by atoms with Crippen molar-refractivity contribution in [3.63, 3.8) is 0 Å². The summed E-state index contributed by atoms with van der Waals surface area (Å²) in [5.74, 6) is 0.627. The molecule has 1 aliphatic heterocycles. The molecule has 1 fully saturated rings. The van der Waals surface area contributed by atoms with Gasteiger partial charge in [-0.05, 0) is 42.7 Å². The molecule has 3 rings (SSSR count). The lowest BCUT2D eigenvalue weighted by Crippen LogP contribution is -2.36. The highest BCUT2D eigenvalue weighted by atomic mass is 35.5. The van der Waals surface area contributed by atoms with Crippen molar-refractivity contribution in [1.82, 2.24) is 9.97 Å². The SMILES string of the molecule is CC(CCOc1ccc(CC(=O)O)c(F)c1)C1CCN(c2ncc(Cl)cn2)CC1. The number of piperidine rings is 1. The van der Waals surface area contributed by atoms with Crippen LogP contribution in [0.5, 0.6) is 5.75 Å². The average Bonchev–Trinajstić information content (AvgIpc) is 2.70. The average molecular weight is 422 g/mol. The fourth-order valence-electron chi connectivity index (χ4n) is 3.66. The molecule has 0 aliphatic carbocycles. The number of carboxylic acid groups (broad SMARTS) is 1.